The minimum absolute atomic E-state index is 0.449. The van der Waals surface area contributed by atoms with Gasteiger partial charge in [0.15, 0.2) is 0 Å². The van der Waals surface area contributed by atoms with Crippen LogP contribution in [0, 0.1) is 6.92 Å². The summed E-state index contributed by atoms with van der Waals surface area (Å²) in [6, 6.07) is 6.98. The van der Waals surface area contributed by atoms with Crippen molar-refractivity contribution in [3.63, 3.8) is 0 Å². The molecule has 74 valence electrons. The Hall–Kier alpha value is -1.68. The zero-order valence-corrected chi connectivity index (χ0v) is 8.15. The molecule has 0 atom stereocenters. The molecule has 4 nitrogen and oxygen atoms in total. The van der Waals surface area contributed by atoms with Gasteiger partial charge in [0.2, 0.25) is 5.91 Å². The summed E-state index contributed by atoms with van der Waals surface area (Å²) in [6.07, 6.45) is 0. The van der Waals surface area contributed by atoms with E-state index in [1.165, 1.54) is 6.92 Å². The molecule has 2 N–H and O–H groups in total. The van der Waals surface area contributed by atoms with Gasteiger partial charge >= 0.3 is 0 Å². The molecular weight excluding hydrogens is 180 g/mol. The van der Waals surface area contributed by atoms with Crippen LogP contribution >= 0.6 is 0 Å². The number of benzene rings is 1. The Labute approximate surface area is 82.3 Å². The second-order valence-electron chi connectivity index (χ2n) is 3.01. The fourth-order valence-electron chi connectivity index (χ4n) is 1.09. The summed E-state index contributed by atoms with van der Waals surface area (Å²) in [7, 11) is 0. The second kappa shape index (κ2) is 4.02. The first-order valence-electron chi connectivity index (χ1n) is 4.19. The number of nitrogens with zero attached hydrogens (tertiary/aromatic N) is 1. The lowest BCUT2D eigenvalue weighted by atomic mass is 10.1. The monoisotopic (exact) mass is 192 g/mol. The molecule has 0 heterocycles. The van der Waals surface area contributed by atoms with E-state index < -0.39 is 11.8 Å². The molecule has 1 rings (SSSR count). The number of carbonyl (C=O) groups is 2. The van der Waals surface area contributed by atoms with E-state index in [-0.39, 0.29) is 0 Å². The summed E-state index contributed by atoms with van der Waals surface area (Å²) < 4.78 is 0. The Morgan fingerprint density at radius 1 is 1.29 bits per heavy atom. The fraction of sp³-hybridized carbons (Fsp3) is 0.200. The van der Waals surface area contributed by atoms with Crippen molar-refractivity contribution in [3.8, 4) is 0 Å². The van der Waals surface area contributed by atoms with E-state index in [9.17, 15) is 9.59 Å². The molecule has 1 aromatic carbocycles. The molecule has 0 fully saturated rings. The van der Waals surface area contributed by atoms with Crippen LogP contribution in [0.3, 0.4) is 0 Å². The minimum Gasteiger partial charge on any atom is -0.273 e. The van der Waals surface area contributed by atoms with Crippen molar-refractivity contribution in [2.75, 3.05) is 0 Å². The number of carbonyl (C=O) groups excluding carboxylic acids is 2. The third kappa shape index (κ3) is 1.97. The van der Waals surface area contributed by atoms with Gasteiger partial charge in [0.05, 0.1) is 0 Å². The zero-order valence-electron chi connectivity index (χ0n) is 8.15. The largest absolute Gasteiger partial charge is 0.275 e. The van der Waals surface area contributed by atoms with Gasteiger partial charge in [0.1, 0.15) is 0 Å². The number of hydrogen-bond donors (Lipinski definition) is 1. The van der Waals surface area contributed by atoms with Crippen LogP contribution in [0.25, 0.3) is 0 Å². The summed E-state index contributed by atoms with van der Waals surface area (Å²) in [6.45, 7) is 3.04. The van der Waals surface area contributed by atoms with Gasteiger partial charge in [0, 0.05) is 12.5 Å². The number of aryl methyl sites for hydroxylation is 1. The smallest absolute Gasteiger partial charge is 0.273 e. The Bertz CT molecular complexity index is 374. The summed E-state index contributed by atoms with van der Waals surface area (Å²) >= 11 is 0. The SMILES string of the molecule is CC(=O)N(N)C(=O)c1ccccc1C. The van der Waals surface area contributed by atoms with E-state index in [0.717, 1.165) is 5.56 Å². The third-order valence-electron chi connectivity index (χ3n) is 1.93. The van der Waals surface area contributed by atoms with Crippen molar-refractivity contribution >= 4 is 11.8 Å². The number of rotatable bonds is 1. The van der Waals surface area contributed by atoms with E-state index in [0.29, 0.717) is 10.6 Å². The standard InChI is InChI=1S/C10H12N2O2/c1-7-5-3-4-6-9(7)10(14)12(11)8(2)13/h3-6H,11H2,1-2H3. The van der Waals surface area contributed by atoms with Crippen molar-refractivity contribution in [2.24, 2.45) is 5.84 Å². The number of imide groups is 1. The van der Waals surface area contributed by atoms with E-state index in [1.54, 1.807) is 25.1 Å². The molecule has 4 heteroatoms. The van der Waals surface area contributed by atoms with Gasteiger partial charge in [-0.2, -0.15) is 0 Å². The van der Waals surface area contributed by atoms with Crippen LogP contribution in [0.5, 0.6) is 0 Å². The van der Waals surface area contributed by atoms with E-state index in [1.807, 2.05) is 6.07 Å². The van der Waals surface area contributed by atoms with Gasteiger partial charge in [0.25, 0.3) is 5.91 Å². The van der Waals surface area contributed by atoms with Crippen molar-refractivity contribution in [2.45, 2.75) is 13.8 Å². The molecule has 0 aromatic heterocycles. The normalized spacial score (nSPS) is 9.64. The number of nitrogens with two attached hydrogens (primary N) is 1. The van der Waals surface area contributed by atoms with E-state index >= 15 is 0 Å². The lowest BCUT2D eigenvalue weighted by molar-refractivity contribution is -0.126. The number of amides is 2. The highest BCUT2D eigenvalue weighted by Gasteiger charge is 2.16. The molecule has 0 unspecified atom stereocenters. The molecule has 0 saturated carbocycles. The fourth-order valence-corrected chi connectivity index (χ4v) is 1.09. The first kappa shape index (κ1) is 10.4. The van der Waals surface area contributed by atoms with Crippen LogP contribution in [0.1, 0.15) is 22.8 Å². The quantitative estimate of drug-likeness (QED) is 0.407. The van der Waals surface area contributed by atoms with Crippen LogP contribution in [-0.4, -0.2) is 16.8 Å². The molecule has 14 heavy (non-hydrogen) atoms. The van der Waals surface area contributed by atoms with Gasteiger partial charge in [-0.05, 0) is 18.6 Å². The van der Waals surface area contributed by atoms with Crippen LogP contribution < -0.4 is 5.84 Å². The van der Waals surface area contributed by atoms with Crippen LogP contribution in [0.2, 0.25) is 0 Å². The molecular formula is C10H12N2O2. The molecule has 0 spiro atoms. The van der Waals surface area contributed by atoms with Crippen LogP contribution in [0.15, 0.2) is 24.3 Å². The summed E-state index contributed by atoms with van der Waals surface area (Å²) in [5.74, 6) is 4.35. The van der Waals surface area contributed by atoms with E-state index in [2.05, 4.69) is 0 Å². The predicted octanol–water partition coefficient (Wildman–Crippen LogP) is 0.857. The lowest BCUT2D eigenvalue weighted by Gasteiger charge is -2.13. The van der Waals surface area contributed by atoms with Gasteiger partial charge in [-0.3, -0.25) is 9.59 Å². The van der Waals surface area contributed by atoms with Crippen molar-refractivity contribution in [1.82, 2.24) is 5.01 Å². The molecule has 2 amide bonds. The van der Waals surface area contributed by atoms with E-state index in [4.69, 9.17) is 5.84 Å². The molecule has 0 saturated heterocycles. The number of hydrogen-bond acceptors (Lipinski definition) is 3. The van der Waals surface area contributed by atoms with Crippen LogP contribution in [-0.2, 0) is 4.79 Å². The molecule has 0 aliphatic heterocycles. The summed E-state index contributed by atoms with van der Waals surface area (Å²) in [5, 5.41) is 0.613. The highest BCUT2D eigenvalue weighted by atomic mass is 16.2. The average molecular weight is 192 g/mol. The predicted molar refractivity (Wildman–Crippen MR) is 52.2 cm³/mol. The maximum Gasteiger partial charge on any atom is 0.275 e. The molecule has 1 aromatic rings. The van der Waals surface area contributed by atoms with Crippen molar-refractivity contribution in [1.29, 1.82) is 0 Å². The van der Waals surface area contributed by atoms with Crippen LogP contribution in [0.4, 0.5) is 0 Å². The van der Waals surface area contributed by atoms with Gasteiger partial charge < -0.3 is 0 Å². The molecule has 0 aliphatic rings. The number of hydrazine groups is 1. The summed E-state index contributed by atoms with van der Waals surface area (Å²) in [4.78, 5) is 22.4. The Kier molecular flexibility index (Phi) is 2.99. The molecule has 0 aliphatic carbocycles. The first-order chi connectivity index (χ1) is 6.54. The Balaban J connectivity index is 3.01. The zero-order chi connectivity index (χ0) is 10.7. The average Bonchev–Trinajstić information content (AvgIpc) is 2.16. The minimum atomic E-state index is -0.476. The highest BCUT2D eigenvalue weighted by molar-refractivity contribution is 6.04. The molecule has 0 bridgehead atoms. The molecule has 0 radical (unpaired) electrons. The van der Waals surface area contributed by atoms with Gasteiger partial charge in [-0.15, -0.1) is 0 Å². The van der Waals surface area contributed by atoms with Crippen molar-refractivity contribution < 1.29 is 9.59 Å². The maximum absolute atomic E-state index is 11.6. The topological polar surface area (TPSA) is 63.4 Å². The first-order valence-corrected chi connectivity index (χ1v) is 4.19. The Morgan fingerprint density at radius 2 is 1.86 bits per heavy atom. The summed E-state index contributed by atoms with van der Waals surface area (Å²) in [5.41, 5.74) is 1.25. The maximum atomic E-state index is 11.6. The van der Waals surface area contributed by atoms with Gasteiger partial charge in [-0.25, -0.2) is 10.9 Å². The third-order valence-corrected chi connectivity index (χ3v) is 1.93. The Morgan fingerprint density at radius 3 is 2.36 bits per heavy atom. The van der Waals surface area contributed by atoms with Gasteiger partial charge in [-0.1, -0.05) is 18.2 Å². The van der Waals surface area contributed by atoms with Crippen molar-refractivity contribution in [3.05, 3.63) is 35.4 Å². The lowest BCUT2D eigenvalue weighted by Crippen LogP contribution is -2.41. The second-order valence-corrected chi connectivity index (χ2v) is 3.01. The highest BCUT2D eigenvalue weighted by Crippen LogP contribution is 2.08.